The zero-order valence-electron chi connectivity index (χ0n) is 12.8. The van der Waals surface area contributed by atoms with Gasteiger partial charge < -0.3 is 9.47 Å². The Balaban J connectivity index is 1.43. The van der Waals surface area contributed by atoms with Gasteiger partial charge in [-0.2, -0.15) is 0 Å². The number of benzene rings is 2. The molecule has 2 heterocycles. The number of rotatable bonds is 4. The number of fused-ring (bicyclic) bond motifs is 2. The lowest BCUT2D eigenvalue weighted by Gasteiger charge is -2.29. The van der Waals surface area contributed by atoms with E-state index in [-0.39, 0.29) is 6.10 Å². The van der Waals surface area contributed by atoms with Crippen molar-refractivity contribution in [3.8, 4) is 11.5 Å². The normalized spacial score (nSPS) is 16.9. The van der Waals surface area contributed by atoms with E-state index in [4.69, 9.17) is 14.1 Å². The van der Waals surface area contributed by atoms with E-state index in [0.717, 1.165) is 41.2 Å². The van der Waals surface area contributed by atoms with Crippen molar-refractivity contribution in [2.24, 2.45) is 0 Å². The smallest absolute Gasteiger partial charge is 0.161 e. The summed E-state index contributed by atoms with van der Waals surface area (Å²) in [6.07, 6.45) is 0.00420. The average molecular weight is 311 g/mol. The number of aromatic nitrogens is 2. The molecular weight excluding hydrogens is 294 g/mol. The number of likely N-dealkylation sites (N-methyl/N-ethyl adjacent to an activating group) is 1. The van der Waals surface area contributed by atoms with Gasteiger partial charge in [0.2, 0.25) is 0 Å². The molecule has 0 saturated carbocycles. The fraction of sp³-hybridized carbons (Fsp3) is 0.294. The fourth-order valence-corrected chi connectivity index (χ4v) is 2.85. The van der Waals surface area contributed by atoms with Gasteiger partial charge in [0.1, 0.15) is 23.7 Å². The number of ether oxygens (including phenoxy) is 2. The summed E-state index contributed by atoms with van der Waals surface area (Å²) in [4.78, 5) is 2.19. The average Bonchev–Trinajstić information content (AvgIpc) is 3.04. The molecular formula is C17H17N3O3. The molecule has 0 N–H and O–H groups in total. The van der Waals surface area contributed by atoms with Gasteiger partial charge in [-0.1, -0.05) is 24.3 Å². The predicted molar refractivity (Wildman–Crippen MR) is 84.5 cm³/mol. The molecule has 6 nitrogen and oxygen atoms in total. The number of nitrogens with zero attached hydrogens (tertiary/aromatic N) is 3. The van der Waals surface area contributed by atoms with Crippen LogP contribution in [0.4, 0.5) is 0 Å². The Bertz CT molecular complexity index is 817. The zero-order chi connectivity index (χ0) is 15.6. The Hall–Kier alpha value is -2.60. The summed E-state index contributed by atoms with van der Waals surface area (Å²) in [5, 5.41) is 7.86. The monoisotopic (exact) mass is 311 g/mol. The van der Waals surface area contributed by atoms with Crippen LogP contribution in [-0.4, -0.2) is 41.5 Å². The predicted octanol–water partition coefficient (Wildman–Crippen LogP) is 2.49. The molecule has 1 aliphatic rings. The third kappa shape index (κ3) is 2.85. The van der Waals surface area contributed by atoms with E-state index in [9.17, 15) is 0 Å². The second kappa shape index (κ2) is 5.89. The maximum atomic E-state index is 6.00. The van der Waals surface area contributed by atoms with Gasteiger partial charge in [-0.15, -0.1) is 0 Å². The summed E-state index contributed by atoms with van der Waals surface area (Å²) in [6, 6.07) is 13.7. The van der Waals surface area contributed by atoms with Crippen LogP contribution in [0.25, 0.3) is 11.0 Å². The highest BCUT2D eigenvalue weighted by molar-refractivity contribution is 5.76. The van der Waals surface area contributed by atoms with Crippen molar-refractivity contribution in [2.75, 3.05) is 20.2 Å². The van der Waals surface area contributed by atoms with Gasteiger partial charge in [0.15, 0.2) is 11.5 Å². The van der Waals surface area contributed by atoms with Gasteiger partial charge in [0, 0.05) is 13.1 Å². The van der Waals surface area contributed by atoms with E-state index in [0.29, 0.717) is 6.61 Å². The van der Waals surface area contributed by atoms with Crippen molar-refractivity contribution in [3.63, 3.8) is 0 Å². The van der Waals surface area contributed by atoms with Crippen molar-refractivity contribution in [1.82, 2.24) is 15.2 Å². The summed E-state index contributed by atoms with van der Waals surface area (Å²) >= 11 is 0. The van der Waals surface area contributed by atoms with Crippen LogP contribution in [-0.2, 0) is 6.54 Å². The second-order valence-corrected chi connectivity index (χ2v) is 5.74. The van der Waals surface area contributed by atoms with Crippen molar-refractivity contribution in [3.05, 3.63) is 48.0 Å². The van der Waals surface area contributed by atoms with E-state index in [1.165, 1.54) is 0 Å². The van der Waals surface area contributed by atoms with E-state index in [1.807, 2.05) is 42.5 Å². The summed E-state index contributed by atoms with van der Waals surface area (Å²) in [5.74, 6) is 1.62. The molecule has 0 saturated heterocycles. The highest BCUT2D eigenvalue weighted by Crippen LogP contribution is 2.31. The molecule has 0 radical (unpaired) electrons. The van der Waals surface area contributed by atoms with E-state index >= 15 is 0 Å². The molecule has 1 aliphatic heterocycles. The van der Waals surface area contributed by atoms with E-state index < -0.39 is 0 Å². The molecule has 4 rings (SSSR count). The lowest BCUT2D eigenvalue weighted by Crippen LogP contribution is -2.39. The van der Waals surface area contributed by atoms with Crippen LogP contribution in [0, 0.1) is 0 Å². The third-order valence-electron chi connectivity index (χ3n) is 3.89. The van der Waals surface area contributed by atoms with Gasteiger partial charge in [-0.3, -0.25) is 4.90 Å². The largest absolute Gasteiger partial charge is 0.486 e. The lowest BCUT2D eigenvalue weighted by atomic mass is 10.1. The molecule has 1 aromatic heterocycles. The van der Waals surface area contributed by atoms with E-state index in [2.05, 4.69) is 22.3 Å². The van der Waals surface area contributed by atoms with Gasteiger partial charge in [-0.05, 0) is 41.1 Å². The first-order valence-electron chi connectivity index (χ1n) is 7.57. The van der Waals surface area contributed by atoms with Gasteiger partial charge in [0.05, 0.1) is 0 Å². The first kappa shape index (κ1) is 14.0. The van der Waals surface area contributed by atoms with Crippen molar-refractivity contribution >= 4 is 11.0 Å². The molecule has 118 valence electrons. The van der Waals surface area contributed by atoms with Crippen LogP contribution in [0.2, 0.25) is 0 Å². The Kier molecular flexibility index (Phi) is 3.59. The number of hydrogen-bond donors (Lipinski definition) is 0. The maximum Gasteiger partial charge on any atom is 0.161 e. The highest BCUT2D eigenvalue weighted by Gasteiger charge is 2.22. The molecule has 0 aliphatic carbocycles. The Morgan fingerprint density at radius 1 is 1.09 bits per heavy atom. The zero-order valence-corrected chi connectivity index (χ0v) is 12.8. The summed E-state index contributed by atoms with van der Waals surface area (Å²) in [6.45, 7) is 2.06. The van der Waals surface area contributed by atoms with Gasteiger partial charge in [0.25, 0.3) is 0 Å². The SMILES string of the molecule is CN(Cc1cccc2nonc12)CC1COc2ccccc2O1. The lowest BCUT2D eigenvalue weighted by molar-refractivity contribution is 0.0639. The highest BCUT2D eigenvalue weighted by atomic mass is 16.6. The van der Waals surface area contributed by atoms with Crippen molar-refractivity contribution < 1.29 is 14.1 Å². The van der Waals surface area contributed by atoms with E-state index in [1.54, 1.807) is 0 Å². The number of hydrogen-bond acceptors (Lipinski definition) is 6. The molecule has 0 fully saturated rings. The molecule has 6 heteroatoms. The van der Waals surface area contributed by atoms with Crippen LogP contribution >= 0.6 is 0 Å². The van der Waals surface area contributed by atoms with Crippen LogP contribution < -0.4 is 9.47 Å². The minimum Gasteiger partial charge on any atom is -0.486 e. The molecule has 0 spiro atoms. The summed E-state index contributed by atoms with van der Waals surface area (Å²) in [5.41, 5.74) is 2.68. The van der Waals surface area contributed by atoms with Gasteiger partial charge in [-0.25, -0.2) is 4.63 Å². The Morgan fingerprint density at radius 2 is 1.96 bits per heavy atom. The quantitative estimate of drug-likeness (QED) is 0.738. The molecule has 1 atom stereocenters. The van der Waals surface area contributed by atoms with Crippen LogP contribution in [0.5, 0.6) is 11.5 Å². The fourth-order valence-electron chi connectivity index (χ4n) is 2.85. The topological polar surface area (TPSA) is 60.6 Å². The first-order chi connectivity index (χ1) is 11.3. The third-order valence-corrected chi connectivity index (χ3v) is 3.89. The summed E-state index contributed by atoms with van der Waals surface area (Å²) in [7, 11) is 2.05. The summed E-state index contributed by atoms with van der Waals surface area (Å²) < 4.78 is 16.6. The second-order valence-electron chi connectivity index (χ2n) is 5.74. The Morgan fingerprint density at radius 3 is 2.87 bits per heavy atom. The standard InChI is InChI=1S/C17H17N3O3/c1-20(9-12-5-4-6-14-17(12)19-23-18-14)10-13-11-21-15-7-2-3-8-16(15)22-13/h2-8,13H,9-11H2,1H3. The molecule has 0 amide bonds. The van der Waals surface area contributed by atoms with Crippen LogP contribution in [0.3, 0.4) is 0 Å². The Labute approximate surface area is 133 Å². The van der Waals surface area contributed by atoms with Crippen LogP contribution in [0.1, 0.15) is 5.56 Å². The van der Waals surface area contributed by atoms with Crippen LogP contribution in [0.15, 0.2) is 47.1 Å². The molecule has 0 bridgehead atoms. The van der Waals surface area contributed by atoms with Crippen molar-refractivity contribution in [2.45, 2.75) is 12.6 Å². The molecule has 1 unspecified atom stereocenters. The first-order valence-corrected chi connectivity index (χ1v) is 7.57. The minimum atomic E-state index is 0.00420. The minimum absolute atomic E-state index is 0.00420. The molecule has 3 aromatic rings. The molecule has 2 aromatic carbocycles. The molecule has 23 heavy (non-hydrogen) atoms. The van der Waals surface area contributed by atoms with Gasteiger partial charge >= 0.3 is 0 Å². The number of para-hydroxylation sites is 2. The van der Waals surface area contributed by atoms with Crippen molar-refractivity contribution in [1.29, 1.82) is 0 Å². The maximum absolute atomic E-state index is 6.00.